The first-order chi connectivity index (χ1) is 9.97. The zero-order valence-electron chi connectivity index (χ0n) is 14.7. The maximum atomic E-state index is 3.50. The van der Waals surface area contributed by atoms with E-state index in [1.807, 2.05) is 0 Å². The maximum Gasteiger partial charge on any atom is 0.0230 e. The molecule has 0 saturated carbocycles. The van der Waals surface area contributed by atoms with Crippen molar-refractivity contribution in [2.24, 2.45) is 11.8 Å². The Morgan fingerprint density at radius 2 is 1.57 bits per heavy atom. The van der Waals surface area contributed by atoms with Crippen molar-refractivity contribution >= 4 is 0 Å². The Morgan fingerprint density at radius 3 is 2.14 bits per heavy atom. The predicted octanol–water partition coefficient (Wildman–Crippen LogP) is 3.95. The van der Waals surface area contributed by atoms with Gasteiger partial charge in [-0.25, -0.2) is 0 Å². The number of hydrogen-bond acceptors (Lipinski definition) is 2. The second kappa shape index (κ2) is 9.97. The van der Waals surface area contributed by atoms with Gasteiger partial charge < -0.3 is 10.2 Å². The summed E-state index contributed by atoms with van der Waals surface area (Å²) in [4.78, 5) is 2.42. The lowest BCUT2D eigenvalue weighted by Crippen LogP contribution is -2.22. The largest absolute Gasteiger partial charge is 0.316 e. The summed E-state index contributed by atoms with van der Waals surface area (Å²) in [6, 6.07) is 9.12. The third-order valence-corrected chi connectivity index (χ3v) is 3.71. The summed E-state index contributed by atoms with van der Waals surface area (Å²) < 4.78 is 0. The average molecular weight is 290 g/mol. The molecule has 0 aliphatic rings. The van der Waals surface area contributed by atoms with Crippen molar-refractivity contribution in [1.82, 2.24) is 10.2 Å². The minimum atomic E-state index is 0.730. The van der Waals surface area contributed by atoms with E-state index in [-0.39, 0.29) is 0 Å². The van der Waals surface area contributed by atoms with E-state index in [0.717, 1.165) is 37.9 Å². The van der Waals surface area contributed by atoms with E-state index in [9.17, 15) is 0 Å². The second-order valence-electron chi connectivity index (χ2n) is 7.08. The van der Waals surface area contributed by atoms with Gasteiger partial charge in [0.15, 0.2) is 0 Å². The van der Waals surface area contributed by atoms with E-state index in [2.05, 4.69) is 69.2 Å². The van der Waals surface area contributed by atoms with Gasteiger partial charge in [0.1, 0.15) is 0 Å². The molecule has 2 heteroatoms. The number of nitrogens with one attached hydrogen (secondary N) is 1. The lowest BCUT2D eigenvalue weighted by Gasteiger charge is -2.18. The first-order valence-corrected chi connectivity index (χ1v) is 8.44. The number of rotatable bonds is 10. The fraction of sp³-hybridized carbons (Fsp3) is 0.684. The molecule has 120 valence electrons. The van der Waals surface area contributed by atoms with E-state index < -0.39 is 0 Å². The van der Waals surface area contributed by atoms with Crippen LogP contribution in [0.3, 0.4) is 0 Å². The molecule has 0 aromatic heterocycles. The van der Waals surface area contributed by atoms with Crippen molar-refractivity contribution in [3.05, 3.63) is 35.4 Å². The minimum Gasteiger partial charge on any atom is -0.316 e. The van der Waals surface area contributed by atoms with Gasteiger partial charge in [-0.3, -0.25) is 0 Å². The molecular weight excluding hydrogens is 256 g/mol. The summed E-state index contributed by atoms with van der Waals surface area (Å²) in [5.41, 5.74) is 2.85. The van der Waals surface area contributed by atoms with Crippen LogP contribution in [0.15, 0.2) is 24.3 Å². The van der Waals surface area contributed by atoms with E-state index in [1.54, 1.807) is 0 Å². The number of hydrogen-bond donors (Lipinski definition) is 1. The van der Waals surface area contributed by atoms with Crippen LogP contribution < -0.4 is 5.32 Å². The molecule has 0 unspecified atom stereocenters. The molecule has 0 heterocycles. The smallest absolute Gasteiger partial charge is 0.0230 e. The standard InChI is InChI=1S/C19H34N2/c1-16(2)11-13-21(5)15-19-8-6-18(7-9-19)10-12-20-14-17(3)4/h6-9,16-17,20H,10-15H2,1-5H3. The van der Waals surface area contributed by atoms with Crippen LogP contribution in [-0.2, 0) is 13.0 Å². The summed E-state index contributed by atoms with van der Waals surface area (Å²) in [5.74, 6) is 1.52. The SMILES string of the molecule is CC(C)CCN(C)Cc1ccc(CCNCC(C)C)cc1. The molecule has 0 aliphatic heterocycles. The van der Waals surface area contributed by atoms with E-state index >= 15 is 0 Å². The molecule has 0 radical (unpaired) electrons. The highest BCUT2D eigenvalue weighted by molar-refractivity contribution is 5.22. The average Bonchev–Trinajstić information content (AvgIpc) is 2.43. The van der Waals surface area contributed by atoms with Crippen LogP contribution in [0, 0.1) is 11.8 Å². The predicted molar refractivity (Wildman–Crippen MR) is 93.6 cm³/mol. The third kappa shape index (κ3) is 8.90. The highest BCUT2D eigenvalue weighted by Crippen LogP contribution is 2.09. The Morgan fingerprint density at radius 1 is 0.952 bits per heavy atom. The molecule has 0 fully saturated rings. The number of benzene rings is 1. The van der Waals surface area contributed by atoms with Crippen LogP contribution in [0.4, 0.5) is 0 Å². The van der Waals surface area contributed by atoms with Crippen LogP contribution in [0.5, 0.6) is 0 Å². The van der Waals surface area contributed by atoms with E-state index in [0.29, 0.717) is 0 Å². The molecule has 0 atom stereocenters. The second-order valence-corrected chi connectivity index (χ2v) is 7.08. The molecule has 0 amide bonds. The van der Waals surface area contributed by atoms with Gasteiger partial charge in [0.2, 0.25) is 0 Å². The summed E-state index contributed by atoms with van der Waals surface area (Å²) >= 11 is 0. The zero-order chi connectivity index (χ0) is 15.7. The van der Waals surface area contributed by atoms with Gasteiger partial charge in [0.25, 0.3) is 0 Å². The maximum absolute atomic E-state index is 3.50. The van der Waals surface area contributed by atoms with Crippen LogP contribution in [0.25, 0.3) is 0 Å². The van der Waals surface area contributed by atoms with Gasteiger partial charge in [0.05, 0.1) is 0 Å². The van der Waals surface area contributed by atoms with Crippen molar-refractivity contribution in [1.29, 1.82) is 0 Å². The van der Waals surface area contributed by atoms with Gasteiger partial charge in [-0.1, -0.05) is 52.0 Å². The van der Waals surface area contributed by atoms with E-state index in [1.165, 1.54) is 24.1 Å². The first-order valence-electron chi connectivity index (χ1n) is 8.44. The molecule has 1 aromatic rings. The fourth-order valence-corrected chi connectivity index (χ4v) is 2.30. The first kappa shape index (κ1) is 18.2. The van der Waals surface area contributed by atoms with Crippen molar-refractivity contribution in [3.63, 3.8) is 0 Å². The molecule has 2 nitrogen and oxygen atoms in total. The molecule has 0 saturated heterocycles. The molecule has 0 spiro atoms. The zero-order valence-corrected chi connectivity index (χ0v) is 14.7. The van der Waals surface area contributed by atoms with Crippen LogP contribution in [0.2, 0.25) is 0 Å². The monoisotopic (exact) mass is 290 g/mol. The minimum absolute atomic E-state index is 0.730. The van der Waals surface area contributed by atoms with Gasteiger partial charge in [-0.15, -0.1) is 0 Å². The quantitative estimate of drug-likeness (QED) is 0.656. The summed E-state index contributed by atoms with van der Waals surface area (Å²) in [6.07, 6.45) is 2.40. The van der Waals surface area contributed by atoms with Crippen molar-refractivity contribution in [3.8, 4) is 0 Å². The lowest BCUT2D eigenvalue weighted by atomic mass is 10.1. The highest BCUT2D eigenvalue weighted by Gasteiger charge is 2.02. The molecule has 0 bridgehead atoms. The Bertz CT molecular complexity index is 368. The van der Waals surface area contributed by atoms with Crippen LogP contribution in [0.1, 0.15) is 45.2 Å². The molecule has 0 aliphatic carbocycles. The van der Waals surface area contributed by atoms with Gasteiger partial charge in [-0.05, 0) is 62.5 Å². The topological polar surface area (TPSA) is 15.3 Å². The Hall–Kier alpha value is -0.860. The van der Waals surface area contributed by atoms with E-state index in [4.69, 9.17) is 0 Å². The van der Waals surface area contributed by atoms with Gasteiger partial charge in [0, 0.05) is 6.54 Å². The molecule has 1 aromatic carbocycles. The molecule has 21 heavy (non-hydrogen) atoms. The Kier molecular flexibility index (Phi) is 8.63. The van der Waals surface area contributed by atoms with Gasteiger partial charge in [-0.2, -0.15) is 0 Å². The van der Waals surface area contributed by atoms with Crippen molar-refractivity contribution < 1.29 is 0 Å². The summed E-state index contributed by atoms with van der Waals surface area (Å²) in [6.45, 7) is 13.5. The normalized spacial score (nSPS) is 11.8. The van der Waals surface area contributed by atoms with Crippen LogP contribution >= 0.6 is 0 Å². The summed E-state index contributed by atoms with van der Waals surface area (Å²) in [7, 11) is 2.21. The molecule has 1 N–H and O–H groups in total. The van der Waals surface area contributed by atoms with Crippen LogP contribution in [-0.4, -0.2) is 31.6 Å². The Labute approximate surface area is 131 Å². The fourth-order valence-electron chi connectivity index (χ4n) is 2.30. The van der Waals surface area contributed by atoms with Crippen molar-refractivity contribution in [2.45, 2.75) is 47.1 Å². The summed E-state index contributed by atoms with van der Waals surface area (Å²) in [5, 5.41) is 3.50. The third-order valence-electron chi connectivity index (χ3n) is 3.71. The Balaban J connectivity index is 2.29. The molecular formula is C19H34N2. The van der Waals surface area contributed by atoms with Gasteiger partial charge >= 0.3 is 0 Å². The number of nitrogens with zero attached hydrogens (tertiary/aromatic N) is 1. The lowest BCUT2D eigenvalue weighted by molar-refractivity contribution is 0.303. The highest BCUT2D eigenvalue weighted by atomic mass is 15.1. The van der Waals surface area contributed by atoms with Crippen molar-refractivity contribution in [2.75, 3.05) is 26.7 Å². The molecule has 1 rings (SSSR count).